The summed E-state index contributed by atoms with van der Waals surface area (Å²) in [4.78, 5) is -0.335. The van der Waals surface area contributed by atoms with Crippen LogP contribution in [0.5, 0.6) is 0 Å². The number of benzene rings is 1. The molecular formula is C11H15FN2O2S. The summed E-state index contributed by atoms with van der Waals surface area (Å²) in [5, 5.41) is 0. The van der Waals surface area contributed by atoms with Crippen molar-refractivity contribution in [2.75, 3.05) is 13.1 Å². The van der Waals surface area contributed by atoms with Crippen LogP contribution >= 0.6 is 0 Å². The van der Waals surface area contributed by atoms with E-state index in [0.29, 0.717) is 12.1 Å². The normalized spacial score (nSPS) is 12.2. The van der Waals surface area contributed by atoms with E-state index in [4.69, 9.17) is 5.73 Å². The lowest BCUT2D eigenvalue weighted by Gasteiger charge is -2.06. The second-order valence-electron chi connectivity index (χ2n) is 3.49. The SMILES string of the molecule is Cc1ccc(F)c(S(=O)(=O)NC/C=C/CN)c1. The van der Waals surface area contributed by atoms with E-state index in [1.807, 2.05) is 0 Å². The first-order valence-corrected chi connectivity index (χ1v) is 6.56. The minimum Gasteiger partial charge on any atom is -0.327 e. The Labute approximate surface area is 100 Å². The topological polar surface area (TPSA) is 72.2 Å². The highest BCUT2D eigenvalue weighted by molar-refractivity contribution is 7.89. The van der Waals surface area contributed by atoms with Crippen molar-refractivity contribution in [3.05, 3.63) is 41.7 Å². The third kappa shape index (κ3) is 3.92. The largest absolute Gasteiger partial charge is 0.327 e. The number of halogens is 1. The molecule has 0 amide bonds. The van der Waals surface area contributed by atoms with Crippen molar-refractivity contribution in [2.24, 2.45) is 5.73 Å². The molecule has 94 valence electrons. The van der Waals surface area contributed by atoms with Gasteiger partial charge in [-0.1, -0.05) is 18.2 Å². The maximum Gasteiger partial charge on any atom is 0.243 e. The molecule has 0 saturated heterocycles. The predicted molar refractivity (Wildman–Crippen MR) is 64.5 cm³/mol. The van der Waals surface area contributed by atoms with E-state index in [-0.39, 0.29) is 11.4 Å². The van der Waals surface area contributed by atoms with Gasteiger partial charge in [-0.05, 0) is 24.6 Å². The first-order valence-electron chi connectivity index (χ1n) is 5.08. The maximum atomic E-state index is 13.4. The van der Waals surface area contributed by atoms with Crippen LogP contribution in [0.1, 0.15) is 5.56 Å². The zero-order valence-corrected chi connectivity index (χ0v) is 10.3. The van der Waals surface area contributed by atoms with Gasteiger partial charge in [-0.2, -0.15) is 0 Å². The summed E-state index contributed by atoms with van der Waals surface area (Å²) in [5.74, 6) is -0.758. The first-order chi connectivity index (χ1) is 7.97. The van der Waals surface area contributed by atoms with Gasteiger partial charge in [-0.15, -0.1) is 0 Å². The molecule has 0 radical (unpaired) electrons. The fourth-order valence-electron chi connectivity index (χ4n) is 1.23. The average Bonchev–Trinajstić information content (AvgIpc) is 2.28. The minimum absolute atomic E-state index is 0.0902. The van der Waals surface area contributed by atoms with E-state index in [1.54, 1.807) is 19.1 Å². The smallest absolute Gasteiger partial charge is 0.243 e. The number of nitrogens with one attached hydrogen (secondary N) is 1. The van der Waals surface area contributed by atoms with Gasteiger partial charge >= 0.3 is 0 Å². The second kappa shape index (κ2) is 5.90. The lowest BCUT2D eigenvalue weighted by molar-refractivity contribution is 0.559. The molecule has 1 rings (SSSR count). The summed E-state index contributed by atoms with van der Waals surface area (Å²) >= 11 is 0. The highest BCUT2D eigenvalue weighted by Gasteiger charge is 2.17. The number of aryl methyl sites for hydroxylation is 1. The molecule has 0 fully saturated rings. The van der Waals surface area contributed by atoms with Gasteiger partial charge in [0.25, 0.3) is 0 Å². The van der Waals surface area contributed by atoms with Crippen LogP contribution in [0.4, 0.5) is 4.39 Å². The molecule has 6 heteroatoms. The molecule has 0 aliphatic carbocycles. The third-order valence-corrected chi connectivity index (χ3v) is 3.51. The average molecular weight is 258 g/mol. The summed E-state index contributed by atoms with van der Waals surface area (Å²) in [6.45, 7) is 2.13. The Morgan fingerprint density at radius 1 is 1.41 bits per heavy atom. The van der Waals surface area contributed by atoms with Crippen LogP contribution < -0.4 is 10.5 Å². The van der Waals surface area contributed by atoms with Crippen molar-refractivity contribution >= 4 is 10.0 Å². The van der Waals surface area contributed by atoms with Gasteiger partial charge in [0.15, 0.2) is 0 Å². The van der Waals surface area contributed by atoms with Gasteiger partial charge in [-0.25, -0.2) is 17.5 Å². The highest BCUT2D eigenvalue weighted by atomic mass is 32.2. The van der Waals surface area contributed by atoms with Crippen LogP contribution in [-0.2, 0) is 10.0 Å². The summed E-state index contributed by atoms with van der Waals surface area (Å²) in [6, 6.07) is 3.95. The van der Waals surface area contributed by atoms with Gasteiger partial charge < -0.3 is 5.73 Å². The fourth-order valence-corrected chi connectivity index (χ4v) is 2.37. The molecular weight excluding hydrogens is 243 g/mol. The highest BCUT2D eigenvalue weighted by Crippen LogP contribution is 2.15. The van der Waals surface area contributed by atoms with Gasteiger partial charge in [0, 0.05) is 13.1 Å². The number of rotatable bonds is 5. The Morgan fingerprint density at radius 3 is 2.76 bits per heavy atom. The van der Waals surface area contributed by atoms with Gasteiger partial charge in [0.05, 0.1) is 0 Å². The standard InChI is InChI=1S/C11H15FN2O2S/c1-9-4-5-10(12)11(8-9)17(15,16)14-7-3-2-6-13/h2-5,8,14H,6-7,13H2,1H3/b3-2+. The number of hydrogen-bond donors (Lipinski definition) is 2. The van der Waals surface area contributed by atoms with Gasteiger partial charge in [-0.3, -0.25) is 0 Å². The Morgan fingerprint density at radius 2 is 2.12 bits per heavy atom. The molecule has 0 heterocycles. The molecule has 0 spiro atoms. The molecule has 0 aromatic heterocycles. The van der Waals surface area contributed by atoms with Crippen molar-refractivity contribution in [1.29, 1.82) is 0 Å². The molecule has 1 aromatic rings. The summed E-state index contributed by atoms with van der Waals surface area (Å²) in [6.07, 6.45) is 3.19. The Bertz CT molecular complexity index is 512. The molecule has 0 aliphatic rings. The maximum absolute atomic E-state index is 13.4. The van der Waals surface area contributed by atoms with E-state index in [0.717, 1.165) is 6.07 Å². The molecule has 0 atom stereocenters. The van der Waals surface area contributed by atoms with E-state index in [9.17, 15) is 12.8 Å². The number of nitrogens with two attached hydrogens (primary N) is 1. The summed E-state index contributed by atoms with van der Waals surface area (Å²) in [7, 11) is -3.81. The molecule has 1 aromatic carbocycles. The van der Waals surface area contributed by atoms with Gasteiger partial charge in [0.1, 0.15) is 10.7 Å². The summed E-state index contributed by atoms with van der Waals surface area (Å²) < 4.78 is 39.2. The van der Waals surface area contributed by atoms with Crippen LogP contribution in [0, 0.1) is 12.7 Å². The van der Waals surface area contributed by atoms with Crippen LogP contribution in [-0.4, -0.2) is 21.5 Å². The van der Waals surface area contributed by atoms with Crippen molar-refractivity contribution in [3.8, 4) is 0 Å². The molecule has 17 heavy (non-hydrogen) atoms. The van der Waals surface area contributed by atoms with Crippen molar-refractivity contribution in [2.45, 2.75) is 11.8 Å². The fraction of sp³-hybridized carbons (Fsp3) is 0.273. The molecule has 0 aliphatic heterocycles. The van der Waals surface area contributed by atoms with Gasteiger partial charge in [0.2, 0.25) is 10.0 Å². The molecule has 0 bridgehead atoms. The van der Waals surface area contributed by atoms with Crippen LogP contribution in [0.15, 0.2) is 35.2 Å². The molecule has 0 saturated carbocycles. The van der Waals surface area contributed by atoms with E-state index in [2.05, 4.69) is 4.72 Å². The van der Waals surface area contributed by atoms with Crippen LogP contribution in [0.3, 0.4) is 0 Å². The van der Waals surface area contributed by atoms with Crippen molar-refractivity contribution < 1.29 is 12.8 Å². The van der Waals surface area contributed by atoms with E-state index >= 15 is 0 Å². The lowest BCUT2D eigenvalue weighted by atomic mass is 10.2. The molecule has 0 unspecified atom stereocenters. The first kappa shape index (κ1) is 13.8. The monoisotopic (exact) mass is 258 g/mol. The quantitative estimate of drug-likeness (QED) is 0.772. The number of hydrogen-bond acceptors (Lipinski definition) is 3. The Hall–Kier alpha value is -1.24. The third-order valence-electron chi connectivity index (χ3n) is 2.07. The Kier molecular flexibility index (Phi) is 4.80. The Balaban J connectivity index is 2.89. The zero-order valence-electron chi connectivity index (χ0n) is 9.48. The van der Waals surface area contributed by atoms with E-state index < -0.39 is 15.8 Å². The minimum atomic E-state index is -3.81. The predicted octanol–water partition coefficient (Wildman–Crippen LogP) is 0.927. The molecule has 3 N–H and O–H groups in total. The second-order valence-corrected chi connectivity index (χ2v) is 5.23. The van der Waals surface area contributed by atoms with Crippen LogP contribution in [0.2, 0.25) is 0 Å². The molecule has 4 nitrogen and oxygen atoms in total. The van der Waals surface area contributed by atoms with Crippen LogP contribution in [0.25, 0.3) is 0 Å². The number of sulfonamides is 1. The van der Waals surface area contributed by atoms with E-state index in [1.165, 1.54) is 12.1 Å². The zero-order chi connectivity index (χ0) is 12.9. The van der Waals surface area contributed by atoms with Crippen molar-refractivity contribution in [3.63, 3.8) is 0 Å². The van der Waals surface area contributed by atoms with Crippen molar-refractivity contribution in [1.82, 2.24) is 4.72 Å². The summed E-state index contributed by atoms with van der Waals surface area (Å²) in [5.41, 5.74) is 5.89. The lowest BCUT2D eigenvalue weighted by Crippen LogP contribution is -2.25.